The van der Waals surface area contributed by atoms with Crippen LogP contribution >= 0.6 is 0 Å². The van der Waals surface area contributed by atoms with Gasteiger partial charge in [-0.15, -0.1) is 0 Å². The zero-order valence-corrected chi connectivity index (χ0v) is 13.7. The standard InChI is InChI=1S/C14H22N2O4S/c1-5-6-9-16(3)14(17)11-7-8-12(20-4)13(10-11)21(18,19)15-2/h7-8,10,15H,5-6,9H2,1-4H3. The van der Waals surface area contributed by atoms with Crippen LogP contribution in [-0.4, -0.2) is 47.0 Å². The molecule has 0 aromatic heterocycles. The number of methoxy groups -OCH3 is 1. The molecule has 0 bridgehead atoms. The fourth-order valence-corrected chi connectivity index (χ4v) is 2.77. The summed E-state index contributed by atoms with van der Waals surface area (Å²) >= 11 is 0. The number of hydrogen-bond donors (Lipinski definition) is 1. The van der Waals surface area contributed by atoms with Crippen molar-refractivity contribution in [3.05, 3.63) is 23.8 Å². The van der Waals surface area contributed by atoms with Crippen molar-refractivity contribution in [1.82, 2.24) is 9.62 Å². The Morgan fingerprint density at radius 2 is 2.05 bits per heavy atom. The van der Waals surface area contributed by atoms with E-state index in [1.54, 1.807) is 18.0 Å². The van der Waals surface area contributed by atoms with E-state index in [9.17, 15) is 13.2 Å². The van der Waals surface area contributed by atoms with Crippen molar-refractivity contribution in [3.63, 3.8) is 0 Å². The van der Waals surface area contributed by atoms with E-state index in [1.165, 1.54) is 26.3 Å². The number of amides is 1. The summed E-state index contributed by atoms with van der Waals surface area (Å²) in [7, 11) is 0.721. The third-order valence-corrected chi connectivity index (χ3v) is 4.60. The second kappa shape index (κ2) is 7.42. The van der Waals surface area contributed by atoms with Crippen molar-refractivity contribution in [2.45, 2.75) is 24.7 Å². The van der Waals surface area contributed by atoms with Gasteiger partial charge in [0.2, 0.25) is 10.0 Å². The van der Waals surface area contributed by atoms with Crippen LogP contribution in [0, 0.1) is 0 Å². The molecule has 6 nitrogen and oxygen atoms in total. The van der Waals surface area contributed by atoms with Gasteiger partial charge in [0.15, 0.2) is 0 Å². The normalized spacial score (nSPS) is 11.2. The molecule has 1 rings (SSSR count). The first kappa shape index (κ1) is 17.5. The molecule has 21 heavy (non-hydrogen) atoms. The lowest BCUT2D eigenvalue weighted by molar-refractivity contribution is 0.0793. The molecule has 118 valence electrons. The molecule has 0 aliphatic carbocycles. The van der Waals surface area contributed by atoms with Crippen molar-refractivity contribution in [2.24, 2.45) is 0 Å². The summed E-state index contributed by atoms with van der Waals surface area (Å²) in [5.74, 6) is -0.00392. The average Bonchev–Trinajstić information content (AvgIpc) is 2.51. The van der Waals surface area contributed by atoms with Crippen LogP contribution in [0.1, 0.15) is 30.1 Å². The van der Waals surface area contributed by atoms with Crippen LogP contribution in [0.5, 0.6) is 5.75 Å². The predicted octanol–water partition coefficient (Wildman–Crippen LogP) is 1.48. The van der Waals surface area contributed by atoms with Crippen LogP contribution in [0.15, 0.2) is 23.1 Å². The number of carbonyl (C=O) groups is 1. The molecule has 1 aromatic rings. The van der Waals surface area contributed by atoms with E-state index in [0.29, 0.717) is 12.1 Å². The highest BCUT2D eigenvalue weighted by atomic mass is 32.2. The molecule has 0 spiro atoms. The van der Waals surface area contributed by atoms with E-state index >= 15 is 0 Å². The Kier molecular flexibility index (Phi) is 6.17. The summed E-state index contributed by atoms with van der Waals surface area (Å²) in [5, 5.41) is 0. The number of ether oxygens (including phenoxy) is 1. The summed E-state index contributed by atoms with van der Waals surface area (Å²) in [6.45, 7) is 2.68. The highest BCUT2D eigenvalue weighted by Gasteiger charge is 2.21. The van der Waals surface area contributed by atoms with Gasteiger partial charge in [-0.1, -0.05) is 13.3 Å². The Hall–Kier alpha value is -1.60. The molecular formula is C14H22N2O4S. The van der Waals surface area contributed by atoms with E-state index in [1.807, 2.05) is 6.92 Å². The highest BCUT2D eigenvalue weighted by Crippen LogP contribution is 2.25. The maximum Gasteiger partial charge on any atom is 0.253 e. The van der Waals surface area contributed by atoms with Crippen LogP contribution in [0.4, 0.5) is 0 Å². The molecule has 0 aliphatic heterocycles. The lowest BCUT2D eigenvalue weighted by Gasteiger charge is -2.18. The summed E-state index contributed by atoms with van der Waals surface area (Å²) in [5.41, 5.74) is 0.322. The van der Waals surface area contributed by atoms with Gasteiger partial charge in [0, 0.05) is 19.2 Å². The largest absolute Gasteiger partial charge is 0.495 e. The number of carbonyl (C=O) groups excluding carboxylic acids is 1. The zero-order valence-electron chi connectivity index (χ0n) is 12.8. The minimum atomic E-state index is -3.69. The third-order valence-electron chi connectivity index (χ3n) is 3.16. The van der Waals surface area contributed by atoms with E-state index < -0.39 is 10.0 Å². The number of unbranched alkanes of at least 4 members (excludes halogenated alkanes) is 1. The maximum absolute atomic E-state index is 12.3. The van der Waals surface area contributed by atoms with Crippen molar-refractivity contribution in [3.8, 4) is 5.75 Å². The highest BCUT2D eigenvalue weighted by molar-refractivity contribution is 7.89. The lowest BCUT2D eigenvalue weighted by atomic mass is 10.2. The fraction of sp³-hybridized carbons (Fsp3) is 0.500. The second-order valence-corrected chi connectivity index (χ2v) is 6.51. The minimum absolute atomic E-state index is 0.0396. The summed E-state index contributed by atoms with van der Waals surface area (Å²) < 4.78 is 31.2. The molecule has 0 radical (unpaired) electrons. The molecule has 0 heterocycles. The quantitative estimate of drug-likeness (QED) is 0.827. The molecule has 0 saturated heterocycles. The Balaban J connectivity index is 3.17. The van der Waals surface area contributed by atoms with Gasteiger partial charge < -0.3 is 9.64 Å². The molecule has 0 atom stereocenters. The molecule has 1 aromatic carbocycles. The topological polar surface area (TPSA) is 75.7 Å². The SMILES string of the molecule is CCCCN(C)C(=O)c1ccc(OC)c(S(=O)(=O)NC)c1. The smallest absolute Gasteiger partial charge is 0.253 e. The molecule has 0 aliphatic rings. The van der Waals surface area contributed by atoms with Gasteiger partial charge in [0.05, 0.1) is 7.11 Å². The van der Waals surface area contributed by atoms with Crippen LogP contribution in [-0.2, 0) is 10.0 Å². The molecule has 0 unspecified atom stereocenters. The first-order valence-corrected chi connectivity index (χ1v) is 8.22. The maximum atomic E-state index is 12.3. The van der Waals surface area contributed by atoms with Crippen molar-refractivity contribution >= 4 is 15.9 Å². The van der Waals surface area contributed by atoms with Gasteiger partial charge in [-0.2, -0.15) is 0 Å². The Morgan fingerprint density at radius 1 is 1.38 bits per heavy atom. The minimum Gasteiger partial charge on any atom is -0.495 e. The fourth-order valence-electron chi connectivity index (χ4n) is 1.85. The predicted molar refractivity (Wildman–Crippen MR) is 81.1 cm³/mol. The molecular weight excluding hydrogens is 292 g/mol. The Labute approximate surface area is 126 Å². The number of hydrogen-bond acceptors (Lipinski definition) is 4. The third kappa shape index (κ3) is 4.18. The molecule has 7 heteroatoms. The first-order valence-electron chi connectivity index (χ1n) is 6.74. The number of rotatable bonds is 7. The summed E-state index contributed by atoms with van der Waals surface area (Å²) in [6, 6.07) is 4.40. The molecule has 0 fully saturated rings. The summed E-state index contributed by atoms with van der Waals surface area (Å²) in [6.07, 6.45) is 1.89. The van der Waals surface area contributed by atoms with E-state index in [4.69, 9.17) is 4.74 Å². The lowest BCUT2D eigenvalue weighted by Crippen LogP contribution is -2.28. The first-order chi connectivity index (χ1) is 9.87. The molecule has 1 amide bonds. The Morgan fingerprint density at radius 3 is 2.57 bits per heavy atom. The van der Waals surface area contributed by atoms with Gasteiger partial charge >= 0.3 is 0 Å². The molecule has 1 N–H and O–H groups in total. The number of benzene rings is 1. The number of nitrogens with one attached hydrogen (secondary N) is 1. The van der Waals surface area contributed by atoms with Gasteiger partial charge in [-0.05, 0) is 31.7 Å². The van der Waals surface area contributed by atoms with E-state index in [-0.39, 0.29) is 16.6 Å². The van der Waals surface area contributed by atoms with Crippen LogP contribution in [0.2, 0.25) is 0 Å². The van der Waals surface area contributed by atoms with Gasteiger partial charge in [0.1, 0.15) is 10.6 Å². The van der Waals surface area contributed by atoms with E-state index in [2.05, 4.69) is 4.72 Å². The average molecular weight is 314 g/mol. The van der Waals surface area contributed by atoms with Gasteiger partial charge in [0.25, 0.3) is 5.91 Å². The van der Waals surface area contributed by atoms with E-state index in [0.717, 1.165) is 12.8 Å². The van der Waals surface area contributed by atoms with Crippen LogP contribution in [0.25, 0.3) is 0 Å². The van der Waals surface area contributed by atoms with Gasteiger partial charge in [-0.25, -0.2) is 13.1 Å². The molecule has 0 saturated carbocycles. The monoisotopic (exact) mass is 314 g/mol. The van der Waals surface area contributed by atoms with Crippen molar-refractivity contribution in [1.29, 1.82) is 0 Å². The van der Waals surface area contributed by atoms with Crippen LogP contribution < -0.4 is 9.46 Å². The second-order valence-electron chi connectivity index (χ2n) is 4.65. The number of sulfonamides is 1. The van der Waals surface area contributed by atoms with Crippen molar-refractivity contribution < 1.29 is 17.9 Å². The van der Waals surface area contributed by atoms with Crippen LogP contribution in [0.3, 0.4) is 0 Å². The Bertz CT molecular complexity index is 599. The van der Waals surface area contributed by atoms with Crippen molar-refractivity contribution in [2.75, 3.05) is 27.7 Å². The summed E-state index contributed by atoms with van der Waals surface area (Å²) in [4.78, 5) is 13.8. The van der Waals surface area contributed by atoms with Gasteiger partial charge in [-0.3, -0.25) is 4.79 Å². The number of nitrogens with zero attached hydrogens (tertiary/aromatic N) is 1. The zero-order chi connectivity index (χ0) is 16.0.